The molecule has 2 aromatic rings. The van der Waals surface area contributed by atoms with Crippen LogP contribution < -0.4 is 10.1 Å². The van der Waals surface area contributed by atoms with Crippen molar-refractivity contribution in [3.63, 3.8) is 0 Å². The molecule has 0 aliphatic carbocycles. The number of anilines is 1. The second-order valence-corrected chi connectivity index (χ2v) is 8.75. The van der Waals surface area contributed by atoms with Crippen molar-refractivity contribution in [1.29, 1.82) is 0 Å². The molecule has 0 heterocycles. The van der Waals surface area contributed by atoms with Gasteiger partial charge in [0.25, 0.3) is 5.91 Å². The van der Waals surface area contributed by atoms with Crippen molar-refractivity contribution in [2.45, 2.75) is 32.6 Å². The molecule has 0 aliphatic rings. The van der Waals surface area contributed by atoms with E-state index < -0.39 is 28.5 Å². The van der Waals surface area contributed by atoms with E-state index in [9.17, 15) is 18.0 Å². The van der Waals surface area contributed by atoms with E-state index in [0.717, 1.165) is 11.1 Å². The van der Waals surface area contributed by atoms with Gasteiger partial charge < -0.3 is 14.8 Å². The number of hydrogen-bond donors (Lipinski definition) is 1. The van der Waals surface area contributed by atoms with Crippen LogP contribution in [0.4, 0.5) is 5.69 Å². The highest BCUT2D eigenvalue weighted by Crippen LogP contribution is 2.20. The fourth-order valence-electron chi connectivity index (χ4n) is 2.82. The average Bonchev–Trinajstić information content (AvgIpc) is 2.74. The second kappa shape index (κ2) is 10.9. The lowest BCUT2D eigenvalue weighted by atomic mass is 10.1. The summed E-state index contributed by atoms with van der Waals surface area (Å²) in [5.74, 6) is -0.627. The molecule has 168 valence electrons. The largest absolute Gasteiger partial charge is 0.482 e. The first-order valence-corrected chi connectivity index (χ1v) is 11.4. The first-order valence-electron chi connectivity index (χ1n) is 9.93. The summed E-state index contributed by atoms with van der Waals surface area (Å²) < 4.78 is 36.7. The van der Waals surface area contributed by atoms with Gasteiger partial charge in [-0.25, -0.2) is 13.2 Å². The zero-order valence-electron chi connectivity index (χ0n) is 18.2. The van der Waals surface area contributed by atoms with Crippen molar-refractivity contribution in [3.05, 3.63) is 53.6 Å². The van der Waals surface area contributed by atoms with Crippen molar-refractivity contribution < 1.29 is 27.5 Å². The van der Waals surface area contributed by atoms with Gasteiger partial charge in [0.1, 0.15) is 5.75 Å². The first kappa shape index (κ1) is 24.4. The standard InChI is InChI=1S/C22H28N2O6S/c1-5-24(6-2)31(27,28)19-12-10-18(11-13-19)23-21(25)14-30-22(26)15-29-20-9-7-8-16(3)17(20)4/h7-13H,5-6,14-15H2,1-4H3,(H,23,25). The predicted octanol–water partition coefficient (Wildman–Crippen LogP) is 2.89. The lowest BCUT2D eigenvalue weighted by Gasteiger charge is -2.18. The molecule has 8 nitrogen and oxygen atoms in total. The van der Waals surface area contributed by atoms with Gasteiger partial charge in [0.2, 0.25) is 10.0 Å². The van der Waals surface area contributed by atoms with Crippen LogP contribution in [0.2, 0.25) is 0 Å². The van der Waals surface area contributed by atoms with Crippen LogP contribution in [-0.2, 0) is 24.3 Å². The Labute approximate surface area is 183 Å². The Morgan fingerprint density at radius 1 is 0.968 bits per heavy atom. The van der Waals surface area contributed by atoms with Crippen LogP contribution >= 0.6 is 0 Å². The molecule has 0 saturated carbocycles. The number of nitrogens with zero attached hydrogens (tertiary/aromatic N) is 1. The minimum Gasteiger partial charge on any atom is -0.482 e. The van der Waals surface area contributed by atoms with Crippen LogP contribution in [0, 0.1) is 13.8 Å². The van der Waals surface area contributed by atoms with Crippen molar-refractivity contribution in [3.8, 4) is 5.75 Å². The summed E-state index contributed by atoms with van der Waals surface area (Å²) in [6.45, 7) is 7.32. The lowest BCUT2D eigenvalue weighted by molar-refractivity contribution is -0.149. The highest BCUT2D eigenvalue weighted by molar-refractivity contribution is 7.89. The SMILES string of the molecule is CCN(CC)S(=O)(=O)c1ccc(NC(=O)COC(=O)COc2cccc(C)c2C)cc1. The molecule has 0 fully saturated rings. The summed E-state index contributed by atoms with van der Waals surface area (Å²) in [5.41, 5.74) is 2.37. The third-order valence-corrected chi connectivity index (χ3v) is 6.81. The number of carbonyl (C=O) groups is 2. The topological polar surface area (TPSA) is 102 Å². The summed E-state index contributed by atoms with van der Waals surface area (Å²) in [5, 5.41) is 2.56. The number of carbonyl (C=O) groups excluding carboxylic acids is 2. The fraction of sp³-hybridized carbons (Fsp3) is 0.364. The number of ether oxygens (including phenoxy) is 2. The molecular formula is C22H28N2O6S. The summed E-state index contributed by atoms with van der Waals surface area (Å²) >= 11 is 0. The number of rotatable bonds is 10. The van der Waals surface area contributed by atoms with Crippen molar-refractivity contribution in [2.75, 3.05) is 31.6 Å². The van der Waals surface area contributed by atoms with E-state index in [4.69, 9.17) is 9.47 Å². The Hall–Kier alpha value is -2.91. The first-order chi connectivity index (χ1) is 14.7. The molecule has 1 amide bonds. The molecule has 0 aromatic heterocycles. The Kier molecular flexibility index (Phi) is 8.58. The van der Waals surface area contributed by atoms with Gasteiger partial charge in [-0.05, 0) is 55.3 Å². The van der Waals surface area contributed by atoms with Crippen LogP contribution in [0.5, 0.6) is 5.75 Å². The minimum absolute atomic E-state index is 0.143. The van der Waals surface area contributed by atoms with E-state index in [1.54, 1.807) is 19.9 Å². The van der Waals surface area contributed by atoms with E-state index >= 15 is 0 Å². The molecule has 0 bridgehead atoms. The number of nitrogens with one attached hydrogen (secondary N) is 1. The monoisotopic (exact) mass is 448 g/mol. The normalized spacial score (nSPS) is 11.3. The summed E-state index contributed by atoms with van der Waals surface area (Å²) in [6.07, 6.45) is 0. The third-order valence-electron chi connectivity index (χ3n) is 4.75. The summed E-state index contributed by atoms with van der Waals surface area (Å²) in [4.78, 5) is 24.0. The highest BCUT2D eigenvalue weighted by atomic mass is 32.2. The molecule has 0 atom stereocenters. The smallest absolute Gasteiger partial charge is 0.344 e. The second-order valence-electron chi connectivity index (χ2n) is 6.81. The maximum absolute atomic E-state index is 12.5. The van der Waals surface area contributed by atoms with Gasteiger partial charge in [-0.1, -0.05) is 26.0 Å². The Morgan fingerprint density at radius 2 is 1.61 bits per heavy atom. The van der Waals surface area contributed by atoms with E-state index in [1.807, 2.05) is 26.0 Å². The molecular weight excluding hydrogens is 420 g/mol. The highest BCUT2D eigenvalue weighted by Gasteiger charge is 2.21. The van der Waals surface area contributed by atoms with Crippen molar-refractivity contribution in [2.24, 2.45) is 0 Å². The van der Waals surface area contributed by atoms with Gasteiger partial charge in [0.05, 0.1) is 4.90 Å². The molecule has 0 unspecified atom stereocenters. The van der Waals surface area contributed by atoms with E-state index in [2.05, 4.69) is 5.32 Å². The fourth-order valence-corrected chi connectivity index (χ4v) is 4.28. The molecule has 1 N–H and O–H groups in total. The van der Waals surface area contributed by atoms with Gasteiger partial charge in [-0.3, -0.25) is 4.79 Å². The van der Waals surface area contributed by atoms with Crippen LogP contribution in [0.25, 0.3) is 0 Å². The van der Waals surface area contributed by atoms with Gasteiger partial charge in [0, 0.05) is 18.8 Å². The number of hydrogen-bond acceptors (Lipinski definition) is 6. The average molecular weight is 449 g/mol. The maximum Gasteiger partial charge on any atom is 0.344 e. The zero-order chi connectivity index (χ0) is 23.0. The quantitative estimate of drug-likeness (QED) is 0.561. The third kappa shape index (κ3) is 6.53. The number of benzene rings is 2. The molecule has 0 saturated heterocycles. The lowest BCUT2D eigenvalue weighted by Crippen LogP contribution is -2.30. The maximum atomic E-state index is 12.5. The zero-order valence-corrected chi connectivity index (χ0v) is 19.0. The predicted molar refractivity (Wildman–Crippen MR) is 118 cm³/mol. The molecule has 0 spiro atoms. The van der Waals surface area contributed by atoms with Gasteiger partial charge >= 0.3 is 5.97 Å². The molecule has 0 radical (unpaired) electrons. The number of amides is 1. The van der Waals surface area contributed by atoms with Crippen LogP contribution in [0.15, 0.2) is 47.4 Å². The van der Waals surface area contributed by atoms with E-state index in [0.29, 0.717) is 24.5 Å². The van der Waals surface area contributed by atoms with Crippen molar-refractivity contribution in [1.82, 2.24) is 4.31 Å². The minimum atomic E-state index is -3.57. The van der Waals surface area contributed by atoms with Crippen molar-refractivity contribution >= 4 is 27.6 Å². The molecule has 2 rings (SSSR count). The molecule has 9 heteroatoms. The Morgan fingerprint density at radius 3 is 2.23 bits per heavy atom. The van der Waals surface area contributed by atoms with Gasteiger partial charge in [-0.2, -0.15) is 4.31 Å². The molecule has 31 heavy (non-hydrogen) atoms. The van der Waals surface area contributed by atoms with Gasteiger partial charge in [0.15, 0.2) is 13.2 Å². The summed E-state index contributed by atoms with van der Waals surface area (Å²) in [6, 6.07) is 11.3. The Bertz CT molecular complexity index is 1010. The summed E-state index contributed by atoms with van der Waals surface area (Å²) in [7, 11) is -3.57. The number of sulfonamides is 1. The number of aryl methyl sites for hydroxylation is 1. The van der Waals surface area contributed by atoms with Crippen LogP contribution in [0.1, 0.15) is 25.0 Å². The van der Waals surface area contributed by atoms with Gasteiger partial charge in [-0.15, -0.1) is 0 Å². The number of esters is 1. The Balaban J connectivity index is 1.84. The molecule has 2 aromatic carbocycles. The van der Waals surface area contributed by atoms with Crippen LogP contribution in [0.3, 0.4) is 0 Å². The van der Waals surface area contributed by atoms with E-state index in [1.165, 1.54) is 28.6 Å². The molecule has 0 aliphatic heterocycles. The van der Waals surface area contributed by atoms with Crippen LogP contribution in [-0.4, -0.2) is 50.9 Å². The van der Waals surface area contributed by atoms with E-state index in [-0.39, 0.29) is 11.5 Å².